The van der Waals surface area contributed by atoms with Gasteiger partial charge in [-0.2, -0.15) is 26.3 Å². The number of hydrogen-bond donors (Lipinski definition) is 1. The van der Waals surface area contributed by atoms with Crippen LogP contribution in [-0.4, -0.2) is 42.6 Å². The summed E-state index contributed by atoms with van der Waals surface area (Å²) < 4.78 is 108. The van der Waals surface area contributed by atoms with E-state index in [1.807, 2.05) is 0 Å². The van der Waals surface area contributed by atoms with E-state index in [0.29, 0.717) is 23.3 Å². The molecule has 33 heavy (non-hydrogen) atoms. The number of benzene rings is 2. The number of alkyl halides is 6. The molecule has 0 aliphatic carbocycles. The monoisotopic (exact) mass is 505 g/mol. The van der Waals surface area contributed by atoms with Gasteiger partial charge in [0.15, 0.2) is 0 Å². The smallest absolute Gasteiger partial charge is 0.369 e. The van der Waals surface area contributed by atoms with Gasteiger partial charge in [0.05, 0.1) is 7.11 Å². The van der Waals surface area contributed by atoms with Gasteiger partial charge in [0.1, 0.15) is 17.2 Å². The lowest BCUT2D eigenvalue weighted by Crippen LogP contribution is -2.53. The first-order valence-corrected chi connectivity index (χ1v) is 9.39. The Kier molecular flexibility index (Phi) is 7.37. The third-order valence-electron chi connectivity index (χ3n) is 4.94. The Morgan fingerprint density at radius 1 is 1.06 bits per heavy atom. The molecule has 0 bridgehead atoms. The van der Waals surface area contributed by atoms with Crippen LogP contribution >= 0.6 is 11.6 Å². The van der Waals surface area contributed by atoms with E-state index in [-0.39, 0.29) is 29.2 Å². The fraction of sp³-hybridized carbons (Fsp3) is 0.350. The summed E-state index contributed by atoms with van der Waals surface area (Å²) in [6.07, 6.45) is -12.4. The molecule has 0 spiro atoms. The quantitative estimate of drug-likeness (QED) is 0.413. The van der Waals surface area contributed by atoms with Crippen molar-refractivity contribution in [1.82, 2.24) is 5.06 Å². The van der Waals surface area contributed by atoms with Crippen molar-refractivity contribution in [2.45, 2.75) is 31.3 Å². The molecule has 0 saturated heterocycles. The van der Waals surface area contributed by atoms with E-state index in [2.05, 4.69) is 4.84 Å². The van der Waals surface area contributed by atoms with Crippen LogP contribution in [0.15, 0.2) is 24.3 Å². The molecule has 0 saturated carbocycles. The van der Waals surface area contributed by atoms with Crippen molar-refractivity contribution in [2.24, 2.45) is 0 Å². The highest BCUT2D eigenvalue weighted by Gasteiger charge is 2.71. The topological polar surface area (TPSA) is 49.8 Å². The van der Waals surface area contributed by atoms with Gasteiger partial charge in [-0.3, -0.25) is 9.63 Å². The Morgan fingerprint density at radius 3 is 2.03 bits per heavy atom. The highest BCUT2D eigenvalue weighted by molar-refractivity contribution is 6.33. The third kappa shape index (κ3) is 4.51. The van der Waals surface area contributed by atoms with Gasteiger partial charge in [-0.25, -0.2) is 13.8 Å². The fourth-order valence-corrected chi connectivity index (χ4v) is 3.41. The number of amides is 1. The summed E-state index contributed by atoms with van der Waals surface area (Å²) in [5.41, 5.74) is -8.74. The van der Waals surface area contributed by atoms with Crippen molar-refractivity contribution in [2.75, 3.05) is 14.2 Å². The highest BCUT2D eigenvalue weighted by atomic mass is 35.5. The summed E-state index contributed by atoms with van der Waals surface area (Å²) in [5, 5.41) is 9.32. The lowest BCUT2D eigenvalue weighted by molar-refractivity contribution is -0.376. The lowest BCUT2D eigenvalue weighted by Gasteiger charge is -2.33. The molecule has 0 aliphatic heterocycles. The third-order valence-corrected chi connectivity index (χ3v) is 5.26. The average Bonchev–Trinajstić information content (AvgIpc) is 2.70. The molecule has 2 aromatic carbocycles. The maximum Gasteiger partial charge on any atom is 0.430 e. The molecule has 0 atom stereocenters. The zero-order chi connectivity index (χ0) is 25.5. The number of nitrogens with zero attached hydrogens (tertiary/aromatic N) is 1. The van der Waals surface area contributed by atoms with E-state index in [1.165, 1.54) is 6.92 Å². The van der Waals surface area contributed by atoms with Crippen molar-refractivity contribution in [3.8, 4) is 11.1 Å². The molecule has 1 amide bonds. The second-order valence-electron chi connectivity index (χ2n) is 6.81. The minimum absolute atomic E-state index is 0.147. The summed E-state index contributed by atoms with van der Waals surface area (Å²) >= 11 is 5.89. The molecule has 0 aromatic heterocycles. The van der Waals surface area contributed by atoms with Crippen LogP contribution in [-0.2, 0) is 16.9 Å². The first-order valence-electron chi connectivity index (χ1n) is 9.02. The average molecular weight is 506 g/mol. The molecule has 2 rings (SSSR count). The van der Waals surface area contributed by atoms with Crippen molar-refractivity contribution < 1.29 is 49.9 Å². The van der Waals surface area contributed by atoms with Gasteiger partial charge in [0, 0.05) is 23.2 Å². The van der Waals surface area contributed by atoms with Gasteiger partial charge in [0.2, 0.25) is 0 Å². The van der Waals surface area contributed by atoms with Crippen LogP contribution in [0.1, 0.15) is 28.4 Å². The fourth-order valence-electron chi connectivity index (χ4n) is 3.13. The molecule has 0 radical (unpaired) electrons. The Hall–Kier alpha value is -2.44. The van der Waals surface area contributed by atoms with Crippen LogP contribution < -0.4 is 0 Å². The van der Waals surface area contributed by atoms with E-state index in [9.17, 15) is 40.6 Å². The summed E-state index contributed by atoms with van der Waals surface area (Å²) in [6.45, 7) is 1.42. The number of rotatable bonds is 5. The van der Waals surface area contributed by atoms with Crippen molar-refractivity contribution >= 4 is 17.5 Å². The minimum Gasteiger partial charge on any atom is -0.369 e. The predicted octanol–water partition coefficient (Wildman–Crippen LogP) is 5.79. The van der Waals surface area contributed by atoms with E-state index in [4.69, 9.17) is 11.6 Å². The standard InChI is InChI=1S/C20H16ClF8NO3/c1-4-10-12(8-14(22)15(16(10)23)17(31)30(2)33-3)11-6-5-9(7-13(11)21)18(32,19(24,25)26)20(27,28)29/h5-8,32H,4H2,1-3H3. The van der Waals surface area contributed by atoms with Gasteiger partial charge >= 0.3 is 12.4 Å². The van der Waals surface area contributed by atoms with Crippen molar-refractivity contribution in [3.63, 3.8) is 0 Å². The normalized spacial score (nSPS) is 12.8. The number of aliphatic hydroxyl groups is 1. The maximum absolute atomic E-state index is 15.0. The second kappa shape index (κ2) is 9.07. The van der Waals surface area contributed by atoms with E-state index < -0.39 is 51.6 Å². The van der Waals surface area contributed by atoms with Crippen LogP contribution in [0.25, 0.3) is 11.1 Å². The summed E-state index contributed by atoms with van der Waals surface area (Å²) in [5.74, 6) is -3.84. The largest absolute Gasteiger partial charge is 0.430 e. The second-order valence-corrected chi connectivity index (χ2v) is 7.22. The van der Waals surface area contributed by atoms with Crippen molar-refractivity contribution in [3.05, 3.63) is 57.6 Å². The van der Waals surface area contributed by atoms with Gasteiger partial charge in [0.25, 0.3) is 11.5 Å². The van der Waals surface area contributed by atoms with E-state index in [1.54, 1.807) is 0 Å². The SMILES string of the molecule is CCc1c(-c2ccc(C(O)(C(F)(F)F)C(F)(F)F)cc2Cl)cc(F)c(C(=O)N(C)OC)c1F. The zero-order valence-electron chi connectivity index (χ0n) is 17.1. The molecule has 2 aromatic rings. The first-order chi connectivity index (χ1) is 15.0. The predicted molar refractivity (Wildman–Crippen MR) is 101 cm³/mol. The molecule has 0 aliphatic rings. The number of carbonyl (C=O) groups is 1. The van der Waals surface area contributed by atoms with E-state index >= 15 is 4.39 Å². The van der Waals surface area contributed by atoms with Crippen LogP contribution in [0, 0.1) is 11.6 Å². The minimum atomic E-state index is -6.14. The van der Waals surface area contributed by atoms with Gasteiger partial charge < -0.3 is 5.11 Å². The number of hydroxylamine groups is 2. The number of carbonyl (C=O) groups excluding carboxylic acids is 1. The van der Waals surface area contributed by atoms with Crippen LogP contribution in [0.3, 0.4) is 0 Å². The highest BCUT2D eigenvalue weighted by Crippen LogP contribution is 2.51. The van der Waals surface area contributed by atoms with Gasteiger partial charge in [-0.15, -0.1) is 0 Å². The molecule has 13 heteroatoms. The molecule has 0 unspecified atom stereocenters. The molecular formula is C20H16ClF8NO3. The van der Waals surface area contributed by atoms with Crippen LogP contribution in [0.4, 0.5) is 35.1 Å². The Balaban J connectivity index is 2.74. The summed E-state index contributed by atoms with van der Waals surface area (Å²) in [6, 6.07) is 1.86. The van der Waals surface area contributed by atoms with Gasteiger partial charge in [-0.05, 0) is 29.7 Å². The van der Waals surface area contributed by atoms with Gasteiger partial charge in [-0.1, -0.05) is 30.7 Å². The Labute approximate surface area is 187 Å². The van der Waals surface area contributed by atoms with Crippen LogP contribution in [0.2, 0.25) is 5.02 Å². The molecule has 0 heterocycles. The lowest BCUT2D eigenvalue weighted by atomic mass is 9.89. The zero-order valence-corrected chi connectivity index (χ0v) is 17.9. The molecule has 4 nitrogen and oxygen atoms in total. The molecule has 0 fully saturated rings. The van der Waals surface area contributed by atoms with Crippen molar-refractivity contribution in [1.29, 1.82) is 0 Å². The number of hydrogen-bond acceptors (Lipinski definition) is 3. The Morgan fingerprint density at radius 2 is 1.61 bits per heavy atom. The molecule has 182 valence electrons. The molecule has 1 N–H and O–H groups in total. The molecular weight excluding hydrogens is 490 g/mol. The summed E-state index contributed by atoms with van der Waals surface area (Å²) in [7, 11) is 2.17. The number of halogens is 9. The first kappa shape index (κ1) is 26.8. The Bertz CT molecular complexity index is 1050. The maximum atomic E-state index is 15.0. The van der Waals surface area contributed by atoms with Crippen LogP contribution in [0.5, 0.6) is 0 Å². The van der Waals surface area contributed by atoms with E-state index in [0.717, 1.165) is 14.2 Å². The summed E-state index contributed by atoms with van der Waals surface area (Å²) in [4.78, 5) is 16.8.